The number of carbonyl (C=O) groups excluding carboxylic acids is 1. The van der Waals surface area contributed by atoms with E-state index in [1.54, 1.807) is 0 Å². The van der Waals surface area contributed by atoms with E-state index in [0.29, 0.717) is 6.04 Å². The van der Waals surface area contributed by atoms with E-state index in [-0.39, 0.29) is 5.91 Å². The molecule has 1 amide bonds. The van der Waals surface area contributed by atoms with Crippen LogP contribution in [0.25, 0.3) is 0 Å². The molecule has 0 bridgehead atoms. The van der Waals surface area contributed by atoms with E-state index in [2.05, 4.69) is 17.1 Å². The highest BCUT2D eigenvalue weighted by Gasteiger charge is 2.27. The summed E-state index contributed by atoms with van der Waals surface area (Å²) in [7, 11) is 1.93. The monoisotopic (exact) mass is 249 g/mol. The van der Waals surface area contributed by atoms with Gasteiger partial charge in [-0.05, 0) is 45.4 Å². The van der Waals surface area contributed by atoms with Crippen molar-refractivity contribution >= 4 is 5.91 Å². The minimum absolute atomic E-state index is 0.110. The molecule has 1 aromatic rings. The van der Waals surface area contributed by atoms with Gasteiger partial charge in [0.1, 0.15) is 0 Å². The van der Waals surface area contributed by atoms with Crippen LogP contribution in [0.4, 0.5) is 0 Å². The molecular formula is C14H23N3O. The molecule has 1 fully saturated rings. The Bertz CT molecular complexity index is 411. The average Bonchev–Trinajstić information content (AvgIpc) is 2.68. The second-order valence-electron chi connectivity index (χ2n) is 5.64. The second-order valence-corrected chi connectivity index (χ2v) is 5.64. The molecule has 0 spiro atoms. The van der Waals surface area contributed by atoms with E-state index in [4.69, 9.17) is 0 Å². The first-order valence-corrected chi connectivity index (χ1v) is 6.79. The van der Waals surface area contributed by atoms with Crippen LogP contribution in [0.3, 0.4) is 0 Å². The van der Waals surface area contributed by atoms with E-state index in [9.17, 15) is 4.79 Å². The third-order valence-electron chi connectivity index (χ3n) is 4.20. The van der Waals surface area contributed by atoms with Crippen LogP contribution in [0, 0.1) is 19.8 Å². The fraction of sp³-hybridized carbons (Fsp3) is 0.714. The first-order chi connectivity index (χ1) is 8.50. The number of amides is 1. The van der Waals surface area contributed by atoms with Crippen LogP contribution in [-0.2, 0) is 0 Å². The summed E-state index contributed by atoms with van der Waals surface area (Å²) in [6, 6.07) is 0.391. The minimum atomic E-state index is 0.110. The Morgan fingerprint density at radius 3 is 2.39 bits per heavy atom. The van der Waals surface area contributed by atoms with E-state index in [1.165, 1.54) is 12.8 Å². The van der Waals surface area contributed by atoms with Gasteiger partial charge in [0.15, 0.2) is 0 Å². The number of rotatable bonds is 2. The summed E-state index contributed by atoms with van der Waals surface area (Å²) in [6.45, 7) is 6.08. The van der Waals surface area contributed by atoms with E-state index < -0.39 is 0 Å². The molecule has 2 rings (SSSR count). The van der Waals surface area contributed by atoms with E-state index in [0.717, 1.165) is 35.7 Å². The summed E-state index contributed by atoms with van der Waals surface area (Å²) >= 11 is 0. The Hall–Kier alpha value is -1.32. The number of hydrogen-bond acceptors (Lipinski definition) is 2. The number of aryl methyl sites for hydroxylation is 2. The van der Waals surface area contributed by atoms with Crippen molar-refractivity contribution in [1.82, 2.24) is 15.1 Å². The van der Waals surface area contributed by atoms with Gasteiger partial charge in [0.05, 0.1) is 11.3 Å². The summed E-state index contributed by atoms with van der Waals surface area (Å²) in [4.78, 5) is 14.4. The molecule has 18 heavy (non-hydrogen) atoms. The molecule has 0 radical (unpaired) electrons. The highest BCUT2D eigenvalue weighted by molar-refractivity contribution is 5.96. The topological polar surface area (TPSA) is 49.0 Å². The number of aromatic amines is 1. The van der Waals surface area contributed by atoms with Gasteiger partial charge >= 0.3 is 0 Å². The first-order valence-electron chi connectivity index (χ1n) is 6.79. The molecule has 1 aliphatic carbocycles. The maximum Gasteiger partial charge on any atom is 0.257 e. The lowest BCUT2D eigenvalue weighted by Crippen LogP contribution is -2.39. The van der Waals surface area contributed by atoms with Crippen molar-refractivity contribution in [3.05, 3.63) is 17.0 Å². The van der Waals surface area contributed by atoms with Crippen LogP contribution < -0.4 is 0 Å². The van der Waals surface area contributed by atoms with Crippen LogP contribution in [0.15, 0.2) is 0 Å². The van der Waals surface area contributed by atoms with Crippen LogP contribution >= 0.6 is 0 Å². The summed E-state index contributed by atoms with van der Waals surface area (Å²) in [5.74, 6) is 0.917. The van der Waals surface area contributed by atoms with Crippen LogP contribution in [0.5, 0.6) is 0 Å². The maximum absolute atomic E-state index is 12.5. The summed E-state index contributed by atoms with van der Waals surface area (Å²) in [5.41, 5.74) is 2.41. The predicted octanol–water partition coefficient (Wildman–Crippen LogP) is 2.68. The summed E-state index contributed by atoms with van der Waals surface area (Å²) in [5, 5.41) is 6.99. The molecule has 1 saturated carbocycles. The lowest BCUT2D eigenvalue weighted by Gasteiger charge is -2.33. The average molecular weight is 249 g/mol. The summed E-state index contributed by atoms with van der Waals surface area (Å²) < 4.78 is 0. The molecule has 4 heteroatoms. The smallest absolute Gasteiger partial charge is 0.257 e. The van der Waals surface area contributed by atoms with Gasteiger partial charge in [0.25, 0.3) is 5.91 Å². The normalized spacial score (nSPS) is 24.0. The van der Waals surface area contributed by atoms with Crippen molar-refractivity contribution in [1.29, 1.82) is 0 Å². The first kappa shape index (κ1) is 13.1. The van der Waals surface area contributed by atoms with Crippen LogP contribution in [0.2, 0.25) is 0 Å². The predicted molar refractivity (Wildman–Crippen MR) is 71.6 cm³/mol. The molecule has 4 nitrogen and oxygen atoms in total. The third-order valence-corrected chi connectivity index (χ3v) is 4.20. The fourth-order valence-electron chi connectivity index (χ4n) is 2.84. The lowest BCUT2D eigenvalue weighted by molar-refractivity contribution is 0.0678. The largest absolute Gasteiger partial charge is 0.339 e. The zero-order valence-corrected chi connectivity index (χ0v) is 11.8. The molecule has 0 unspecified atom stereocenters. The standard InChI is InChI=1S/C14H23N3O/c1-9-5-7-12(8-6-9)17(4)14(18)13-10(2)15-16-11(13)3/h9,12H,5-8H2,1-4H3,(H,15,16). The van der Waals surface area contributed by atoms with Gasteiger partial charge in [-0.2, -0.15) is 5.10 Å². The van der Waals surface area contributed by atoms with Gasteiger partial charge in [-0.25, -0.2) is 0 Å². The van der Waals surface area contributed by atoms with Crippen molar-refractivity contribution in [2.24, 2.45) is 5.92 Å². The number of H-pyrrole nitrogens is 1. The highest BCUT2D eigenvalue weighted by Crippen LogP contribution is 2.27. The van der Waals surface area contributed by atoms with Gasteiger partial charge in [-0.15, -0.1) is 0 Å². The van der Waals surface area contributed by atoms with Crippen molar-refractivity contribution in [2.75, 3.05) is 7.05 Å². The Morgan fingerprint density at radius 2 is 1.89 bits per heavy atom. The number of carbonyl (C=O) groups is 1. The number of hydrogen-bond donors (Lipinski definition) is 1. The lowest BCUT2D eigenvalue weighted by atomic mass is 9.86. The quantitative estimate of drug-likeness (QED) is 0.876. The SMILES string of the molecule is Cc1n[nH]c(C)c1C(=O)N(C)C1CCC(C)CC1. The number of nitrogens with one attached hydrogen (secondary N) is 1. The van der Waals surface area contributed by atoms with Crippen LogP contribution in [0.1, 0.15) is 54.4 Å². The number of aromatic nitrogens is 2. The number of nitrogens with zero attached hydrogens (tertiary/aromatic N) is 2. The van der Waals surface area contributed by atoms with E-state index >= 15 is 0 Å². The molecule has 1 aromatic heterocycles. The van der Waals surface area contributed by atoms with Crippen molar-refractivity contribution < 1.29 is 4.79 Å². The van der Waals surface area contributed by atoms with Crippen molar-refractivity contribution in [2.45, 2.75) is 52.5 Å². The van der Waals surface area contributed by atoms with Gasteiger partial charge in [0, 0.05) is 18.8 Å². The Kier molecular flexibility index (Phi) is 3.73. The Balaban J connectivity index is 2.09. The fourth-order valence-corrected chi connectivity index (χ4v) is 2.84. The summed E-state index contributed by atoms with van der Waals surface area (Å²) in [6.07, 6.45) is 4.70. The third kappa shape index (κ3) is 2.42. The molecule has 0 saturated heterocycles. The van der Waals surface area contributed by atoms with Gasteiger partial charge in [0.2, 0.25) is 0 Å². The highest BCUT2D eigenvalue weighted by atomic mass is 16.2. The Morgan fingerprint density at radius 1 is 1.28 bits per heavy atom. The molecule has 1 N–H and O–H groups in total. The van der Waals surface area contributed by atoms with Gasteiger partial charge < -0.3 is 4.90 Å². The van der Waals surface area contributed by atoms with Crippen molar-refractivity contribution in [3.8, 4) is 0 Å². The molecule has 0 atom stereocenters. The molecule has 0 aliphatic heterocycles. The Labute approximate surface area is 109 Å². The van der Waals surface area contributed by atoms with Gasteiger partial charge in [-0.1, -0.05) is 6.92 Å². The van der Waals surface area contributed by atoms with Crippen molar-refractivity contribution in [3.63, 3.8) is 0 Å². The molecule has 100 valence electrons. The maximum atomic E-state index is 12.5. The van der Waals surface area contributed by atoms with Crippen LogP contribution in [-0.4, -0.2) is 34.1 Å². The molecular weight excluding hydrogens is 226 g/mol. The zero-order chi connectivity index (χ0) is 13.3. The molecule has 1 aliphatic rings. The second kappa shape index (κ2) is 5.12. The molecule has 1 heterocycles. The zero-order valence-electron chi connectivity index (χ0n) is 11.8. The van der Waals surface area contributed by atoms with Gasteiger partial charge in [-0.3, -0.25) is 9.89 Å². The van der Waals surface area contributed by atoms with E-state index in [1.807, 2.05) is 25.8 Å². The minimum Gasteiger partial charge on any atom is -0.339 e. The molecule has 0 aromatic carbocycles.